The lowest BCUT2D eigenvalue weighted by Gasteiger charge is -2.18. The van der Waals surface area contributed by atoms with E-state index in [1.54, 1.807) is 6.07 Å². The second-order valence-corrected chi connectivity index (χ2v) is 5.50. The molecule has 100 valence electrons. The maximum atomic E-state index is 6.17. The SMILES string of the molecule is CN(Cc1cccc(Cl)c1)Cc1ccc(N)cc1Cl. The van der Waals surface area contributed by atoms with Crippen LogP contribution >= 0.6 is 23.2 Å². The lowest BCUT2D eigenvalue weighted by atomic mass is 10.1. The minimum Gasteiger partial charge on any atom is -0.399 e. The summed E-state index contributed by atoms with van der Waals surface area (Å²) >= 11 is 12.2. The van der Waals surface area contributed by atoms with E-state index in [1.165, 1.54) is 5.56 Å². The van der Waals surface area contributed by atoms with Crippen LogP contribution in [0.5, 0.6) is 0 Å². The predicted octanol–water partition coefficient (Wildman–Crippen LogP) is 4.21. The van der Waals surface area contributed by atoms with Crippen molar-refractivity contribution < 1.29 is 0 Å². The van der Waals surface area contributed by atoms with E-state index < -0.39 is 0 Å². The van der Waals surface area contributed by atoms with Gasteiger partial charge in [-0.3, -0.25) is 4.90 Å². The molecule has 0 aromatic heterocycles. The van der Waals surface area contributed by atoms with Gasteiger partial charge in [0.05, 0.1) is 0 Å². The summed E-state index contributed by atoms with van der Waals surface area (Å²) in [7, 11) is 2.05. The first kappa shape index (κ1) is 14.2. The van der Waals surface area contributed by atoms with E-state index >= 15 is 0 Å². The molecule has 2 aromatic rings. The Morgan fingerprint density at radius 3 is 2.53 bits per heavy atom. The van der Waals surface area contributed by atoms with E-state index in [-0.39, 0.29) is 0 Å². The van der Waals surface area contributed by atoms with E-state index in [1.807, 2.05) is 37.4 Å². The summed E-state index contributed by atoms with van der Waals surface area (Å²) in [6, 6.07) is 13.5. The molecule has 0 saturated heterocycles. The Labute approximate surface area is 123 Å². The number of nitrogens with zero attached hydrogens (tertiary/aromatic N) is 1. The highest BCUT2D eigenvalue weighted by Gasteiger charge is 2.06. The van der Waals surface area contributed by atoms with Gasteiger partial charge in [-0.25, -0.2) is 0 Å². The second-order valence-electron chi connectivity index (χ2n) is 4.65. The van der Waals surface area contributed by atoms with Crippen LogP contribution in [0, 0.1) is 0 Å². The number of rotatable bonds is 4. The average Bonchev–Trinajstić information content (AvgIpc) is 2.33. The van der Waals surface area contributed by atoms with Crippen LogP contribution < -0.4 is 5.73 Å². The van der Waals surface area contributed by atoms with Gasteiger partial charge >= 0.3 is 0 Å². The van der Waals surface area contributed by atoms with E-state index in [2.05, 4.69) is 11.0 Å². The van der Waals surface area contributed by atoms with E-state index in [0.29, 0.717) is 10.7 Å². The molecule has 0 bridgehead atoms. The maximum Gasteiger partial charge on any atom is 0.0471 e. The van der Waals surface area contributed by atoms with Crippen molar-refractivity contribution in [1.29, 1.82) is 0 Å². The quantitative estimate of drug-likeness (QED) is 0.856. The molecule has 0 aliphatic rings. The smallest absolute Gasteiger partial charge is 0.0471 e. The van der Waals surface area contributed by atoms with Gasteiger partial charge in [0.1, 0.15) is 0 Å². The van der Waals surface area contributed by atoms with E-state index in [4.69, 9.17) is 28.9 Å². The Bertz CT molecular complexity index is 570. The molecule has 2 aromatic carbocycles. The monoisotopic (exact) mass is 294 g/mol. The average molecular weight is 295 g/mol. The standard InChI is InChI=1S/C15H16Cl2N2/c1-19(9-11-3-2-4-13(16)7-11)10-12-5-6-14(18)8-15(12)17/h2-8H,9-10,18H2,1H3. The van der Waals surface area contributed by atoms with Gasteiger partial charge in [0.25, 0.3) is 0 Å². The Hall–Kier alpha value is -1.22. The van der Waals surface area contributed by atoms with Crippen LogP contribution in [0.25, 0.3) is 0 Å². The van der Waals surface area contributed by atoms with Crippen molar-refractivity contribution in [2.45, 2.75) is 13.1 Å². The second kappa shape index (κ2) is 6.29. The van der Waals surface area contributed by atoms with Crippen LogP contribution in [0.4, 0.5) is 5.69 Å². The molecule has 0 spiro atoms. The topological polar surface area (TPSA) is 29.3 Å². The molecule has 0 heterocycles. The molecular weight excluding hydrogens is 279 g/mol. The van der Waals surface area contributed by atoms with Crippen molar-refractivity contribution in [1.82, 2.24) is 4.90 Å². The zero-order valence-electron chi connectivity index (χ0n) is 10.7. The van der Waals surface area contributed by atoms with Gasteiger partial charge in [0.15, 0.2) is 0 Å². The largest absolute Gasteiger partial charge is 0.399 e. The molecule has 0 radical (unpaired) electrons. The molecule has 4 heteroatoms. The predicted molar refractivity (Wildman–Crippen MR) is 82.5 cm³/mol. The zero-order valence-corrected chi connectivity index (χ0v) is 12.2. The van der Waals surface area contributed by atoms with Gasteiger partial charge in [0, 0.05) is 28.8 Å². The fourth-order valence-corrected chi connectivity index (χ4v) is 2.45. The third kappa shape index (κ3) is 4.13. The summed E-state index contributed by atoms with van der Waals surface area (Å²) in [5.41, 5.74) is 8.62. The van der Waals surface area contributed by atoms with Crippen LogP contribution in [-0.4, -0.2) is 11.9 Å². The number of halogens is 2. The molecule has 2 N–H and O–H groups in total. The van der Waals surface area contributed by atoms with Crippen molar-refractivity contribution in [3.63, 3.8) is 0 Å². The zero-order chi connectivity index (χ0) is 13.8. The summed E-state index contributed by atoms with van der Waals surface area (Å²) in [4.78, 5) is 2.18. The highest BCUT2D eigenvalue weighted by atomic mass is 35.5. The van der Waals surface area contributed by atoms with Crippen LogP contribution in [0.1, 0.15) is 11.1 Å². The highest BCUT2D eigenvalue weighted by Crippen LogP contribution is 2.21. The van der Waals surface area contributed by atoms with Gasteiger partial charge in [-0.2, -0.15) is 0 Å². The van der Waals surface area contributed by atoms with Crippen LogP contribution in [0.3, 0.4) is 0 Å². The van der Waals surface area contributed by atoms with Crippen molar-refractivity contribution in [2.24, 2.45) is 0 Å². The lowest BCUT2D eigenvalue weighted by molar-refractivity contribution is 0.319. The maximum absolute atomic E-state index is 6.17. The summed E-state index contributed by atoms with van der Waals surface area (Å²) < 4.78 is 0. The summed E-state index contributed by atoms with van der Waals surface area (Å²) in [5.74, 6) is 0. The van der Waals surface area contributed by atoms with Gasteiger partial charge in [-0.1, -0.05) is 41.4 Å². The molecule has 0 fully saturated rings. The number of benzene rings is 2. The van der Waals surface area contributed by atoms with E-state index in [0.717, 1.165) is 23.7 Å². The first-order chi connectivity index (χ1) is 9.04. The summed E-state index contributed by atoms with van der Waals surface area (Å²) in [5, 5.41) is 1.47. The molecule has 0 saturated carbocycles. The summed E-state index contributed by atoms with van der Waals surface area (Å²) in [6.07, 6.45) is 0. The van der Waals surface area contributed by atoms with Gasteiger partial charge in [-0.05, 0) is 42.4 Å². The van der Waals surface area contributed by atoms with E-state index in [9.17, 15) is 0 Å². The molecule has 2 nitrogen and oxygen atoms in total. The molecule has 0 unspecified atom stereocenters. The lowest BCUT2D eigenvalue weighted by Crippen LogP contribution is -2.17. The molecule has 2 rings (SSSR count). The first-order valence-corrected chi connectivity index (χ1v) is 6.77. The van der Waals surface area contributed by atoms with Crippen LogP contribution in [-0.2, 0) is 13.1 Å². The van der Waals surface area contributed by atoms with Crippen molar-refractivity contribution in [2.75, 3.05) is 12.8 Å². The van der Waals surface area contributed by atoms with Gasteiger partial charge < -0.3 is 5.73 Å². The third-order valence-corrected chi connectivity index (χ3v) is 3.45. The van der Waals surface area contributed by atoms with Crippen molar-refractivity contribution in [3.8, 4) is 0 Å². The highest BCUT2D eigenvalue weighted by molar-refractivity contribution is 6.31. The number of nitrogens with two attached hydrogens (primary N) is 1. The number of hydrogen-bond acceptors (Lipinski definition) is 2. The normalized spacial score (nSPS) is 10.9. The third-order valence-electron chi connectivity index (χ3n) is 2.86. The minimum atomic E-state index is 0.686. The Kier molecular flexibility index (Phi) is 4.70. The Morgan fingerprint density at radius 1 is 1.05 bits per heavy atom. The minimum absolute atomic E-state index is 0.686. The first-order valence-electron chi connectivity index (χ1n) is 6.01. The molecule has 0 aliphatic heterocycles. The fraction of sp³-hybridized carbons (Fsp3) is 0.200. The van der Waals surface area contributed by atoms with Gasteiger partial charge in [-0.15, -0.1) is 0 Å². The van der Waals surface area contributed by atoms with Crippen LogP contribution in [0.2, 0.25) is 10.0 Å². The number of nitrogen functional groups attached to an aromatic ring is 1. The number of hydrogen-bond donors (Lipinski definition) is 1. The molecule has 0 amide bonds. The van der Waals surface area contributed by atoms with Crippen molar-refractivity contribution in [3.05, 3.63) is 63.6 Å². The molecule has 19 heavy (non-hydrogen) atoms. The van der Waals surface area contributed by atoms with Gasteiger partial charge in [0.2, 0.25) is 0 Å². The number of anilines is 1. The molecule has 0 aliphatic carbocycles. The Morgan fingerprint density at radius 2 is 1.84 bits per heavy atom. The fourth-order valence-electron chi connectivity index (χ4n) is 1.99. The van der Waals surface area contributed by atoms with Crippen LogP contribution in [0.15, 0.2) is 42.5 Å². The summed E-state index contributed by atoms with van der Waals surface area (Å²) in [6.45, 7) is 1.59. The molecule has 0 atom stereocenters. The van der Waals surface area contributed by atoms with Crippen molar-refractivity contribution >= 4 is 28.9 Å². The molecular formula is C15H16Cl2N2. The Balaban J connectivity index is 2.03.